The highest BCUT2D eigenvalue weighted by Gasteiger charge is 2.30. The number of anilines is 1. The largest absolute Gasteiger partial charge is 0.497 e. The summed E-state index contributed by atoms with van der Waals surface area (Å²) in [7, 11) is 2.97. The van der Waals surface area contributed by atoms with Crippen LogP contribution in [0.1, 0.15) is 34.9 Å². The highest BCUT2D eigenvalue weighted by Crippen LogP contribution is 2.38. The van der Waals surface area contributed by atoms with E-state index in [-0.39, 0.29) is 12.0 Å². The molecule has 1 aromatic heterocycles. The molecular weight excluding hydrogens is 282 g/mol. The van der Waals surface area contributed by atoms with Crippen LogP contribution in [0.2, 0.25) is 0 Å². The van der Waals surface area contributed by atoms with Crippen LogP contribution in [-0.2, 0) is 4.74 Å². The molecule has 2 aromatic rings. The van der Waals surface area contributed by atoms with Crippen LogP contribution < -0.4 is 9.64 Å². The summed E-state index contributed by atoms with van der Waals surface area (Å²) in [6.07, 6.45) is 3.84. The third-order valence-corrected chi connectivity index (χ3v) is 4.05. The summed E-state index contributed by atoms with van der Waals surface area (Å²) in [5.41, 5.74) is 2.45. The van der Waals surface area contributed by atoms with Gasteiger partial charge in [-0.2, -0.15) is 5.10 Å². The molecule has 1 N–H and O–H groups in total. The summed E-state index contributed by atoms with van der Waals surface area (Å²) in [4.78, 5) is 14.3. The molecule has 0 saturated carbocycles. The molecule has 2 heterocycles. The SMILES string of the molecule is COC(=O)c1cc(OC)ccc1N1CCCC1c1ccn[nH]1. The summed E-state index contributed by atoms with van der Waals surface area (Å²) < 4.78 is 10.1. The van der Waals surface area contributed by atoms with Crippen molar-refractivity contribution in [2.24, 2.45) is 0 Å². The molecule has 6 heteroatoms. The van der Waals surface area contributed by atoms with Crippen LogP contribution >= 0.6 is 0 Å². The molecule has 1 unspecified atom stereocenters. The highest BCUT2D eigenvalue weighted by molar-refractivity contribution is 5.96. The molecule has 1 fully saturated rings. The Bertz CT molecular complexity index is 655. The molecule has 1 aliphatic heterocycles. The zero-order valence-corrected chi connectivity index (χ0v) is 12.7. The van der Waals surface area contributed by atoms with Crippen molar-refractivity contribution in [1.82, 2.24) is 10.2 Å². The molecular formula is C16H19N3O3. The molecule has 0 spiro atoms. The molecule has 0 bridgehead atoms. The summed E-state index contributed by atoms with van der Waals surface area (Å²) in [6, 6.07) is 7.68. The summed E-state index contributed by atoms with van der Waals surface area (Å²) >= 11 is 0. The van der Waals surface area contributed by atoms with Gasteiger partial charge in [-0.25, -0.2) is 4.79 Å². The number of H-pyrrole nitrogens is 1. The molecule has 0 aliphatic carbocycles. The second-order valence-corrected chi connectivity index (χ2v) is 5.24. The average molecular weight is 301 g/mol. The Morgan fingerprint density at radius 3 is 2.91 bits per heavy atom. The van der Waals surface area contributed by atoms with Crippen molar-refractivity contribution < 1.29 is 14.3 Å². The lowest BCUT2D eigenvalue weighted by Gasteiger charge is -2.27. The molecule has 1 aromatic carbocycles. The molecule has 3 rings (SSSR count). The maximum atomic E-state index is 12.1. The van der Waals surface area contributed by atoms with Crippen LogP contribution in [0.25, 0.3) is 0 Å². The monoisotopic (exact) mass is 301 g/mol. The molecule has 22 heavy (non-hydrogen) atoms. The van der Waals surface area contributed by atoms with E-state index in [1.165, 1.54) is 7.11 Å². The Morgan fingerprint density at radius 2 is 2.23 bits per heavy atom. The van der Waals surface area contributed by atoms with Crippen LogP contribution in [-0.4, -0.2) is 36.9 Å². The highest BCUT2D eigenvalue weighted by atomic mass is 16.5. The van der Waals surface area contributed by atoms with Gasteiger partial charge in [0.2, 0.25) is 0 Å². The van der Waals surface area contributed by atoms with E-state index in [1.807, 2.05) is 18.2 Å². The standard InChI is InChI=1S/C16H19N3O3/c1-21-11-5-6-14(12(10-11)16(20)22-2)19-9-3-4-15(19)13-7-8-17-18-13/h5-8,10,15H,3-4,9H2,1-2H3,(H,17,18). The predicted octanol–water partition coefficient (Wildman–Crippen LogP) is 2.55. The first-order valence-corrected chi connectivity index (χ1v) is 7.27. The van der Waals surface area contributed by atoms with Crippen molar-refractivity contribution in [3.63, 3.8) is 0 Å². The number of nitrogens with one attached hydrogen (secondary N) is 1. The van der Waals surface area contributed by atoms with Crippen molar-refractivity contribution in [1.29, 1.82) is 0 Å². The van der Waals surface area contributed by atoms with Crippen LogP contribution in [0, 0.1) is 0 Å². The van der Waals surface area contributed by atoms with E-state index in [2.05, 4.69) is 15.1 Å². The number of benzene rings is 1. The first kappa shape index (κ1) is 14.4. The van der Waals surface area contributed by atoms with Crippen molar-refractivity contribution in [3.8, 4) is 5.75 Å². The Kier molecular flexibility index (Phi) is 4.00. The first-order chi connectivity index (χ1) is 10.7. The van der Waals surface area contributed by atoms with Gasteiger partial charge in [0.1, 0.15) is 5.75 Å². The molecule has 1 saturated heterocycles. The van der Waals surface area contributed by atoms with Gasteiger partial charge in [0, 0.05) is 12.7 Å². The fourth-order valence-electron chi connectivity index (χ4n) is 3.00. The van der Waals surface area contributed by atoms with E-state index in [0.29, 0.717) is 11.3 Å². The van der Waals surface area contributed by atoms with Crippen LogP contribution in [0.3, 0.4) is 0 Å². The number of esters is 1. The zero-order chi connectivity index (χ0) is 15.5. The Labute approximate surface area is 129 Å². The summed E-state index contributed by atoms with van der Waals surface area (Å²) in [5.74, 6) is 0.283. The maximum Gasteiger partial charge on any atom is 0.340 e. The van der Waals surface area contributed by atoms with Gasteiger partial charge in [0.05, 0.1) is 37.2 Å². The maximum absolute atomic E-state index is 12.1. The van der Waals surface area contributed by atoms with Crippen LogP contribution in [0.4, 0.5) is 5.69 Å². The number of hydrogen-bond acceptors (Lipinski definition) is 5. The van der Waals surface area contributed by atoms with Crippen LogP contribution in [0.15, 0.2) is 30.5 Å². The van der Waals surface area contributed by atoms with Gasteiger partial charge >= 0.3 is 5.97 Å². The summed E-state index contributed by atoms with van der Waals surface area (Å²) in [6.45, 7) is 0.889. The molecule has 6 nitrogen and oxygen atoms in total. The van der Waals surface area contributed by atoms with Crippen LogP contribution in [0.5, 0.6) is 5.75 Å². The van der Waals surface area contributed by atoms with Gasteiger partial charge in [-0.3, -0.25) is 5.10 Å². The average Bonchev–Trinajstić information content (AvgIpc) is 3.23. The number of nitrogens with zero attached hydrogens (tertiary/aromatic N) is 2. The van der Waals surface area contributed by atoms with E-state index < -0.39 is 0 Å². The number of ether oxygens (including phenoxy) is 2. The number of aromatic amines is 1. The lowest BCUT2D eigenvalue weighted by atomic mass is 10.1. The third kappa shape index (κ3) is 2.52. The molecule has 0 radical (unpaired) electrons. The van der Waals surface area contributed by atoms with Gasteiger partial charge in [0.25, 0.3) is 0 Å². The lowest BCUT2D eigenvalue weighted by Crippen LogP contribution is -2.25. The normalized spacial score (nSPS) is 17.5. The van der Waals surface area contributed by atoms with Gasteiger partial charge in [-0.1, -0.05) is 0 Å². The molecule has 0 amide bonds. The third-order valence-electron chi connectivity index (χ3n) is 4.05. The molecule has 1 atom stereocenters. The number of methoxy groups -OCH3 is 2. The minimum absolute atomic E-state index is 0.194. The number of hydrogen-bond donors (Lipinski definition) is 1. The van der Waals surface area contributed by atoms with Crippen molar-refractivity contribution in [3.05, 3.63) is 41.7 Å². The minimum Gasteiger partial charge on any atom is -0.497 e. The Hall–Kier alpha value is -2.50. The van der Waals surface area contributed by atoms with E-state index in [4.69, 9.17) is 9.47 Å². The van der Waals surface area contributed by atoms with E-state index in [0.717, 1.165) is 30.8 Å². The van der Waals surface area contributed by atoms with E-state index >= 15 is 0 Å². The zero-order valence-electron chi connectivity index (χ0n) is 12.7. The second kappa shape index (κ2) is 6.09. The van der Waals surface area contributed by atoms with Gasteiger partial charge in [0.15, 0.2) is 0 Å². The first-order valence-electron chi connectivity index (χ1n) is 7.27. The summed E-state index contributed by atoms with van der Waals surface area (Å²) in [5, 5.41) is 7.06. The quantitative estimate of drug-likeness (QED) is 0.879. The van der Waals surface area contributed by atoms with Crippen molar-refractivity contribution >= 4 is 11.7 Å². The topological polar surface area (TPSA) is 67.5 Å². The fourth-order valence-corrected chi connectivity index (χ4v) is 3.00. The fraction of sp³-hybridized carbons (Fsp3) is 0.375. The predicted molar refractivity (Wildman–Crippen MR) is 82.2 cm³/mol. The Balaban J connectivity index is 2.01. The second-order valence-electron chi connectivity index (χ2n) is 5.24. The molecule has 116 valence electrons. The molecule has 1 aliphatic rings. The smallest absolute Gasteiger partial charge is 0.340 e. The van der Waals surface area contributed by atoms with Crippen molar-refractivity contribution in [2.45, 2.75) is 18.9 Å². The van der Waals surface area contributed by atoms with Gasteiger partial charge in [-0.05, 0) is 37.1 Å². The number of carbonyl (C=O) groups is 1. The van der Waals surface area contributed by atoms with E-state index in [9.17, 15) is 4.79 Å². The number of carbonyl (C=O) groups excluding carboxylic acids is 1. The minimum atomic E-state index is -0.357. The number of aromatic nitrogens is 2. The lowest BCUT2D eigenvalue weighted by molar-refractivity contribution is 0.0601. The van der Waals surface area contributed by atoms with Gasteiger partial charge < -0.3 is 14.4 Å². The van der Waals surface area contributed by atoms with Crippen molar-refractivity contribution in [2.75, 3.05) is 25.7 Å². The van der Waals surface area contributed by atoms with Gasteiger partial charge in [-0.15, -0.1) is 0 Å². The number of rotatable bonds is 4. The Morgan fingerprint density at radius 1 is 1.36 bits per heavy atom. The van der Waals surface area contributed by atoms with E-state index in [1.54, 1.807) is 19.4 Å².